The molecule has 2 rings (SSSR count). The lowest BCUT2D eigenvalue weighted by molar-refractivity contribution is 0.444. The minimum absolute atomic E-state index is 0.624. The highest BCUT2D eigenvalue weighted by molar-refractivity contribution is 5.47. The normalized spacial score (nSPS) is 15.8. The Morgan fingerprint density at radius 3 is 2.80 bits per heavy atom. The Hall–Kier alpha value is -1.32. The summed E-state index contributed by atoms with van der Waals surface area (Å²) in [7, 11) is 0. The molecule has 2 N–H and O–H groups in total. The third-order valence-corrected chi connectivity index (χ3v) is 2.68. The molecule has 4 heteroatoms. The molecule has 1 fully saturated rings. The molecule has 1 aromatic rings. The van der Waals surface area contributed by atoms with Crippen LogP contribution in [-0.2, 0) is 0 Å². The largest absolute Gasteiger partial charge is 0.370 e. The van der Waals surface area contributed by atoms with Crippen molar-refractivity contribution < 1.29 is 0 Å². The van der Waals surface area contributed by atoms with Crippen molar-refractivity contribution in [2.24, 2.45) is 0 Å². The van der Waals surface area contributed by atoms with Crippen molar-refractivity contribution in [2.75, 3.05) is 17.2 Å². The highest BCUT2D eigenvalue weighted by Gasteiger charge is 2.17. The summed E-state index contributed by atoms with van der Waals surface area (Å²) in [4.78, 5) is 8.37. The predicted octanol–water partition coefficient (Wildman–Crippen LogP) is 2.26. The number of nitrogens with one attached hydrogen (secondary N) is 2. The van der Waals surface area contributed by atoms with Gasteiger partial charge in [0, 0.05) is 18.7 Å². The zero-order valence-corrected chi connectivity index (χ0v) is 9.16. The minimum Gasteiger partial charge on any atom is -0.370 e. The van der Waals surface area contributed by atoms with Crippen LogP contribution in [0.3, 0.4) is 0 Å². The maximum atomic E-state index is 4.21. The van der Waals surface area contributed by atoms with Crippen LogP contribution in [0.1, 0.15) is 32.6 Å². The van der Waals surface area contributed by atoms with E-state index in [1.807, 2.05) is 6.07 Å². The summed E-state index contributed by atoms with van der Waals surface area (Å²) in [6.07, 6.45) is 6.58. The lowest BCUT2D eigenvalue weighted by Gasteiger charge is -2.26. The molecule has 1 heterocycles. The fourth-order valence-corrected chi connectivity index (χ4v) is 1.55. The van der Waals surface area contributed by atoms with Gasteiger partial charge in [-0.25, -0.2) is 9.97 Å². The summed E-state index contributed by atoms with van der Waals surface area (Å²) in [5, 5.41) is 6.66. The Bertz CT molecular complexity index is 309. The lowest BCUT2D eigenvalue weighted by Crippen LogP contribution is -2.27. The van der Waals surface area contributed by atoms with Crippen LogP contribution in [0.15, 0.2) is 12.4 Å². The van der Waals surface area contributed by atoms with E-state index in [2.05, 4.69) is 27.5 Å². The Balaban J connectivity index is 1.92. The van der Waals surface area contributed by atoms with Gasteiger partial charge in [-0.15, -0.1) is 0 Å². The fourth-order valence-electron chi connectivity index (χ4n) is 1.55. The van der Waals surface area contributed by atoms with Gasteiger partial charge in [-0.2, -0.15) is 0 Å². The molecule has 0 aromatic carbocycles. The van der Waals surface area contributed by atoms with Crippen molar-refractivity contribution in [1.82, 2.24) is 9.97 Å². The molecule has 15 heavy (non-hydrogen) atoms. The average molecular weight is 206 g/mol. The second-order valence-electron chi connectivity index (χ2n) is 3.99. The fraction of sp³-hybridized carbons (Fsp3) is 0.636. The molecule has 0 radical (unpaired) electrons. The Labute approximate surface area is 90.5 Å². The first kappa shape index (κ1) is 10.2. The second-order valence-corrected chi connectivity index (χ2v) is 3.99. The van der Waals surface area contributed by atoms with Crippen LogP contribution in [-0.4, -0.2) is 22.6 Å². The molecule has 82 valence electrons. The van der Waals surface area contributed by atoms with E-state index in [1.54, 1.807) is 6.33 Å². The van der Waals surface area contributed by atoms with Gasteiger partial charge < -0.3 is 10.6 Å². The second kappa shape index (κ2) is 4.96. The molecule has 0 bridgehead atoms. The van der Waals surface area contributed by atoms with E-state index in [-0.39, 0.29) is 0 Å². The summed E-state index contributed by atoms with van der Waals surface area (Å²) < 4.78 is 0. The van der Waals surface area contributed by atoms with Gasteiger partial charge in [-0.1, -0.05) is 6.92 Å². The van der Waals surface area contributed by atoms with Crippen LogP contribution in [0, 0.1) is 0 Å². The van der Waals surface area contributed by atoms with Crippen molar-refractivity contribution in [3.05, 3.63) is 12.4 Å². The van der Waals surface area contributed by atoms with Gasteiger partial charge >= 0.3 is 0 Å². The molecule has 0 amide bonds. The molecule has 1 saturated carbocycles. The van der Waals surface area contributed by atoms with Crippen molar-refractivity contribution in [3.8, 4) is 0 Å². The zero-order chi connectivity index (χ0) is 10.5. The van der Waals surface area contributed by atoms with Crippen LogP contribution in [0.25, 0.3) is 0 Å². The zero-order valence-electron chi connectivity index (χ0n) is 9.16. The Morgan fingerprint density at radius 1 is 1.33 bits per heavy atom. The summed E-state index contributed by atoms with van der Waals surface area (Å²) in [6.45, 7) is 3.10. The van der Waals surface area contributed by atoms with E-state index in [1.165, 1.54) is 19.3 Å². The van der Waals surface area contributed by atoms with Crippen molar-refractivity contribution >= 4 is 11.6 Å². The van der Waals surface area contributed by atoms with Gasteiger partial charge in [0.2, 0.25) is 0 Å². The third-order valence-electron chi connectivity index (χ3n) is 2.68. The first-order chi connectivity index (χ1) is 7.38. The number of aromatic nitrogens is 2. The lowest BCUT2D eigenvalue weighted by atomic mass is 9.93. The quantitative estimate of drug-likeness (QED) is 0.776. The predicted molar refractivity (Wildman–Crippen MR) is 62.1 cm³/mol. The van der Waals surface area contributed by atoms with Crippen molar-refractivity contribution in [1.29, 1.82) is 0 Å². The van der Waals surface area contributed by atoms with Crippen LogP contribution >= 0.6 is 0 Å². The minimum atomic E-state index is 0.624. The maximum absolute atomic E-state index is 4.21. The topological polar surface area (TPSA) is 49.8 Å². The smallest absolute Gasteiger partial charge is 0.131 e. The van der Waals surface area contributed by atoms with Crippen LogP contribution in [0.4, 0.5) is 11.6 Å². The molecule has 0 unspecified atom stereocenters. The average Bonchev–Trinajstić information content (AvgIpc) is 2.21. The first-order valence-corrected chi connectivity index (χ1v) is 5.71. The maximum Gasteiger partial charge on any atom is 0.131 e. The van der Waals surface area contributed by atoms with Gasteiger partial charge in [0.05, 0.1) is 0 Å². The van der Waals surface area contributed by atoms with E-state index in [9.17, 15) is 0 Å². The molecular weight excluding hydrogens is 188 g/mol. The summed E-state index contributed by atoms with van der Waals surface area (Å²) >= 11 is 0. The SMILES string of the molecule is CCCNc1cc(NC2CCC2)ncn1. The van der Waals surface area contributed by atoms with Gasteiger partial charge in [0.1, 0.15) is 18.0 Å². The van der Waals surface area contributed by atoms with Crippen LogP contribution < -0.4 is 10.6 Å². The first-order valence-electron chi connectivity index (χ1n) is 5.71. The molecule has 4 nitrogen and oxygen atoms in total. The van der Waals surface area contributed by atoms with E-state index in [4.69, 9.17) is 0 Å². The van der Waals surface area contributed by atoms with Gasteiger partial charge in [0.15, 0.2) is 0 Å². The Kier molecular flexibility index (Phi) is 3.37. The molecule has 0 spiro atoms. The van der Waals surface area contributed by atoms with Gasteiger partial charge in [-0.05, 0) is 25.7 Å². The van der Waals surface area contributed by atoms with Gasteiger partial charge in [0.25, 0.3) is 0 Å². The molecule has 0 saturated heterocycles. The number of nitrogens with zero attached hydrogens (tertiary/aromatic N) is 2. The summed E-state index contributed by atoms with van der Waals surface area (Å²) in [6, 6.07) is 2.60. The summed E-state index contributed by atoms with van der Waals surface area (Å²) in [5.74, 6) is 1.85. The number of hydrogen-bond acceptors (Lipinski definition) is 4. The molecule has 1 aliphatic rings. The standard InChI is InChI=1S/C11H18N4/c1-2-6-12-10-7-11(14-8-13-10)15-9-4-3-5-9/h7-9H,2-6H2,1H3,(H2,12,13,14,15). The van der Waals surface area contributed by atoms with E-state index in [0.717, 1.165) is 24.6 Å². The highest BCUT2D eigenvalue weighted by Crippen LogP contribution is 2.22. The molecular formula is C11H18N4. The molecule has 0 atom stereocenters. The van der Waals surface area contributed by atoms with E-state index < -0.39 is 0 Å². The number of anilines is 2. The molecule has 1 aliphatic carbocycles. The van der Waals surface area contributed by atoms with Crippen LogP contribution in [0.2, 0.25) is 0 Å². The highest BCUT2D eigenvalue weighted by atomic mass is 15.1. The number of rotatable bonds is 5. The molecule has 1 aromatic heterocycles. The monoisotopic (exact) mass is 206 g/mol. The molecule has 0 aliphatic heterocycles. The van der Waals surface area contributed by atoms with Gasteiger partial charge in [-0.3, -0.25) is 0 Å². The van der Waals surface area contributed by atoms with Crippen molar-refractivity contribution in [2.45, 2.75) is 38.6 Å². The van der Waals surface area contributed by atoms with Crippen LogP contribution in [0.5, 0.6) is 0 Å². The van der Waals surface area contributed by atoms with Crippen molar-refractivity contribution in [3.63, 3.8) is 0 Å². The third kappa shape index (κ3) is 2.81. The van der Waals surface area contributed by atoms with E-state index in [0.29, 0.717) is 6.04 Å². The number of hydrogen-bond donors (Lipinski definition) is 2. The van der Waals surface area contributed by atoms with E-state index >= 15 is 0 Å². The summed E-state index contributed by atoms with van der Waals surface area (Å²) in [5.41, 5.74) is 0. The Morgan fingerprint density at radius 2 is 2.13 bits per heavy atom.